The van der Waals surface area contributed by atoms with Gasteiger partial charge in [0.2, 0.25) is 5.95 Å². The number of anilines is 2. The lowest BCUT2D eigenvalue weighted by atomic mass is 10.1. The van der Waals surface area contributed by atoms with Crippen LogP contribution in [0.5, 0.6) is 5.75 Å². The minimum Gasteiger partial charge on any atom is -0.493 e. The van der Waals surface area contributed by atoms with Gasteiger partial charge in [0.05, 0.1) is 19.8 Å². The molecule has 5 rings (SSSR count). The van der Waals surface area contributed by atoms with E-state index in [9.17, 15) is 0 Å². The second-order valence-electron chi connectivity index (χ2n) is 8.39. The fraction of sp³-hybridized carbons (Fsp3) is 0.565. The standard InChI is InChI=1S/C23H31N5O2/c1-18-16-22(27-11-14-29-15-12-27)25-23(24-18)28-9-7-26(8-10-28)6-4-19-2-3-21-20(17-19)5-13-30-21/h2-3,16-17H,4-15H2,1H3. The third-order valence-electron chi connectivity index (χ3n) is 6.29. The van der Waals surface area contributed by atoms with Gasteiger partial charge < -0.3 is 19.3 Å². The summed E-state index contributed by atoms with van der Waals surface area (Å²) in [5, 5.41) is 0. The predicted molar refractivity (Wildman–Crippen MR) is 118 cm³/mol. The maximum Gasteiger partial charge on any atom is 0.227 e. The van der Waals surface area contributed by atoms with Gasteiger partial charge in [0.15, 0.2) is 0 Å². The summed E-state index contributed by atoms with van der Waals surface area (Å²) in [6, 6.07) is 8.77. The van der Waals surface area contributed by atoms with Crippen LogP contribution in [0.25, 0.3) is 0 Å². The van der Waals surface area contributed by atoms with Crippen LogP contribution in [-0.2, 0) is 17.6 Å². The molecule has 7 nitrogen and oxygen atoms in total. The zero-order valence-corrected chi connectivity index (χ0v) is 17.8. The van der Waals surface area contributed by atoms with Gasteiger partial charge in [0.1, 0.15) is 11.6 Å². The number of ether oxygens (including phenoxy) is 2. The number of morpholine rings is 1. The molecule has 160 valence electrons. The molecule has 4 heterocycles. The van der Waals surface area contributed by atoms with E-state index < -0.39 is 0 Å². The number of fused-ring (bicyclic) bond motifs is 1. The number of nitrogens with zero attached hydrogens (tertiary/aromatic N) is 5. The lowest BCUT2D eigenvalue weighted by Gasteiger charge is -2.35. The van der Waals surface area contributed by atoms with Crippen molar-refractivity contribution in [3.63, 3.8) is 0 Å². The molecule has 2 aromatic rings. The maximum atomic E-state index is 5.62. The first kappa shape index (κ1) is 19.6. The molecule has 0 N–H and O–H groups in total. The van der Waals surface area contributed by atoms with E-state index in [2.05, 4.69) is 45.9 Å². The first-order chi connectivity index (χ1) is 14.7. The molecule has 0 spiro atoms. The van der Waals surface area contributed by atoms with Crippen LogP contribution in [0.15, 0.2) is 24.3 Å². The molecule has 0 aliphatic carbocycles. The van der Waals surface area contributed by atoms with Gasteiger partial charge >= 0.3 is 0 Å². The van der Waals surface area contributed by atoms with Gasteiger partial charge in [-0.05, 0) is 30.5 Å². The van der Waals surface area contributed by atoms with Crippen LogP contribution in [0.4, 0.5) is 11.8 Å². The van der Waals surface area contributed by atoms with Crippen molar-refractivity contribution in [2.24, 2.45) is 0 Å². The summed E-state index contributed by atoms with van der Waals surface area (Å²) in [7, 11) is 0. The van der Waals surface area contributed by atoms with Crippen LogP contribution in [0.3, 0.4) is 0 Å². The van der Waals surface area contributed by atoms with Crippen molar-refractivity contribution >= 4 is 11.8 Å². The van der Waals surface area contributed by atoms with Crippen molar-refractivity contribution in [3.05, 3.63) is 41.1 Å². The Kier molecular flexibility index (Phi) is 5.73. The summed E-state index contributed by atoms with van der Waals surface area (Å²) in [5.41, 5.74) is 3.81. The summed E-state index contributed by atoms with van der Waals surface area (Å²) < 4.78 is 11.1. The number of piperazine rings is 1. The lowest BCUT2D eigenvalue weighted by Crippen LogP contribution is -2.47. The molecule has 1 aromatic heterocycles. The minimum atomic E-state index is 0.772. The SMILES string of the molecule is Cc1cc(N2CCOCC2)nc(N2CCN(CCc3ccc4c(c3)CCO4)CC2)n1. The molecule has 3 aliphatic rings. The summed E-state index contributed by atoms with van der Waals surface area (Å²) in [5.74, 6) is 2.97. The fourth-order valence-electron chi connectivity index (χ4n) is 4.49. The molecule has 0 saturated carbocycles. The molecule has 30 heavy (non-hydrogen) atoms. The zero-order chi connectivity index (χ0) is 20.3. The van der Waals surface area contributed by atoms with Crippen LogP contribution in [0.1, 0.15) is 16.8 Å². The van der Waals surface area contributed by atoms with Gasteiger partial charge in [-0.2, -0.15) is 4.98 Å². The molecule has 0 bridgehead atoms. The fourth-order valence-corrected chi connectivity index (χ4v) is 4.49. The second kappa shape index (κ2) is 8.78. The lowest BCUT2D eigenvalue weighted by molar-refractivity contribution is 0.122. The number of rotatable bonds is 5. The van der Waals surface area contributed by atoms with E-state index in [1.807, 2.05) is 0 Å². The van der Waals surface area contributed by atoms with E-state index in [-0.39, 0.29) is 0 Å². The van der Waals surface area contributed by atoms with E-state index in [1.54, 1.807) is 0 Å². The summed E-state index contributed by atoms with van der Waals surface area (Å²) in [6.45, 7) is 11.4. The Morgan fingerprint density at radius 1 is 0.900 bits per heavy atom. The van der Waals surface area contributed by atoms with Gasteiger partial charge in [-0.25, -0.2) is 4.98 Å². The number of aromatic nitrogens is 2. The molecule has 0 atom stereocenters. The van der Waals surface area contributed by atoms with Crippen molar-refractivity contribution in [3.8, 4) is 5.75 Å². The smallest absolute Gasteiger partial charge is 0.227 e. The van der Waals surface area contributed by atoms with Crippen LogP contribution < -0.4 is 14.5 Å². The molecule has 0 unspecified atom stereocenters. The van der Waals surface area contributed by atoms with Crippen molar-refractivity contribution in [2.45, 2.75) is 19.8 Å². The minimum absolute atomic E-state index is 0.772. The molecule has 0 radical (unpaired) electrons. The highest BCUT2D eigenvalue weighted by Gasteiger charge is 2.21. The monoisotopic (exact) mass is 409 g/mol. The number of hydrogen-bond donors (Lipinski definition) is 0. The normalized spacial score (nSPS) is 19.6. The van der Waals surface area contributed by atoms with E-state index in [1.165, 1.54) is 11.1 Å². The van der Waals surface area contributed by atoms with Crippen molar-refractivity contribution in [2.75, 3.05) is 75.4 Å². The third-order valence-corrected chi connectivity index (χ3v) is 6.29. The average molecular weight is 410 g/mol. The Labute approximate surface area is 178 Å². The molecular weight excluding hydrogens is 378 g/mol. The largest absolute Gasteiger partial charge is 0.493 e. The highest BCUT2D eigenvalue weighted by atomic mass is 16.5. The topological polar surface area (TPSA) is 54.0 Å². The Bertz CT molecular complexity index is 876. The maximum absolute atomic E-state index is 5.62. The zero-order valence-electron chi connectivity index (χ0n) is 17.8. The van der Waals surface area contributed by atoms with Crippen LogP contribution in [-0.4, -0.2) is 80.5 Å². The Balaban J connectivity index is 1.16. The van der Waals surface area contributed by atoms with Gasteiger partial charge in [0, 0.05) is 64.0 Å². The van der Waals surface area contributed by atoms with Gasteiger partial charge in [-0.15, -0.1) is 0 Å². The van der Waals surface area contributed by atoms with E-state index in [0.717, 1.165) is 102 Å². The first-order valence-corrected chi connectivity index (χ1v) is 11.1. The first-order valence-electron chi connectivity index (χ1n) is 11.1. The quantitative estimate of drug-likeness (QED) is 0.748. The van der Waals surface area contributed by atoms with E-state index in [0.29, 0.717) is 0 Å². The third kappa shape index (κ3) is 4.37. The van der Waals surface area contributed by atoms with Crippen molar-refractivity contribution < 1.29 is 9.47 Å². The van der Waals surface area contributed by atoms with Gasteiger partial charge in [-0.1, -0.05) is 12.1 Å². The average Bonchev–Trinajstić information content (AvgIpc) is 3.26. The van der Waals surface area contributed by atoms with Crippen LogP contribution in [0, 0.1) is 6.92 Å². The van der Waals surface area contributed by atoms with E-state index in [4.69, 9.17) is 19.4 Å². The molecule has 2 fully saturated rings. The number of aryl methyl sites for hydroxylation is 1. The Hall–Kier alpha value is -2.38. The van der Waals surface area contributed by atoms with E-state index >= 15 is 0 Å². The number of hydrogen-bond acceptors (Lipinski definition) is 7. The van der Waals surface area contributed by atoms with Crippen molar-refractivity contribution in [1.82, 2.24) is 14.9 Å². The highest BCUT2D eigenvalue weighted by molar-refractivity contribution is 5.46. The second-order valence-corrected chi connectivity index (χ2v) is 8.39. The van der Waals surface area contributed by atoms with Crippen LogP contribution >= 0.6 is 0 Å². The molecule has 3 aliphatic heterocycles. The summed E-state index contributed by atoms with van der Waals surface area (Å²) >= 11 is 0. The Morgan fingerprint density at radius 3 is 2.57 bits per heavy atom. The van der Waals surface area contributed by atoms with Crippen LogP contribution in [0.2, 0.25) is 0 Å². The number of benzene rings is 1. The highest BCUT2D eigenvalue weighted by Crippen LogP contribution is 2.26. The molecule has 7 heteroatoms. The predicted octanol–water partition coefficient (Wildman–Crippen LogP) is 1.92. The molecule has 0 amide bonds. The van der Waals surface area contributed by atoms with Crippen molar-refractivity contribution in [1.29, 1.82) is 0 Å². The molecule has 1 aromatic carbocycles. The Morgan fingerprint density at radius 2 is 1.73 bits per heavy atom. The molecule has 2 saturated heterocycles. The summed E-state index contributed by atoms with van der Waals surface area (Å²) in [4.78, 5) is 16.8. The van der Waals surface area contributed by atoms with Gasteiger partial charge in [0.25, 0.3) is 0 Å². The van der Waals surface area contributed by atoms with Gasteiger partial charge in [-0.3, -0.25) is 4.90 Å². The summed E-state index contributed by atoms with van der Waals surface area (Å²) in [6.07, 6.45) is 2.14. The molecular formula is C23H31N5O2.